The van der Waals surface area contributed by atoms with Crippen LogP contribution in [0.4, 0.5) is 10.1 Å². The largest absolute Gasteiger partial charge is 0.354 e. The van der Waals surface area contributed by atoms with Crippen LogP contribution in [0.15, 0.2) is 83.8 Å². The molecule has 0 aromatic heterocycles. The van der Waals surface area contributed by atoms with Crippen LogP contribution < -0.4 is 9.62 Å². The summed E-state index contributed by atoms with van der Waals surface area (Å²) in [5.74, 6) is -1.66. The van der Waals surface area contributed by atoms with E-state index in [4.69, 9.17) is 0 Å². The van der Waals surface area contributed by atoms with E-state index in [2.05, 4.69) is 5.32 Å². The molecule has 0 heterocycles. The molecule has 0 saturated heterocycles. The third kappa shape index (κ3) is 7.91. The number of unbranched alkanes of at least 4 members (excludes halogenated alkanes) is 1. The third-order valence-electron chi connectivity index (χ3n) is 6.71. The van der Waals surface area contributed by atoms with E-state index in [1.54, 1.807) is 12.1 Å². The summed E-state index contributed by atoms with van der Waals surface area (Å²) in [6.07, 6.45) is 2.51. The van der Waals surface area contributed by atoms with E-state index in [1.807, 2.05) is 51.1 Å². The minimum absolute atomic E-state index is 0.0608. The number of hydrogen-bond acceptors (Lipinski definition) is 4. The first-order valence-corrected chi connectivity index (χ1v) is 15.1. The van der Waals surface area contributed by atoms with E-state index in [1.165, 1.54) is 35.2 Å². The minimum Gasteiger partial charge on any atom is -0.354 e. The molecular formula is C31H38FN3O4S. The number of anilines is 1. The van der Waals surface area contributed by atoms with Gasteiger partial charge in [0.25, 0.3) is 10.0 Å². The van der Waals surface area contributed by atoms with Crippen LogP contribution in [0.5, 0.6) is 0 Å². The first-order chi connectivity index (χ1) is 19.2. The fourth-order valence-electron chi connectivity index (χ4n) is 4.41. The Morgan fingerprint density at radius 3 is 2.20 bits per heavy atom. The topological polar surface area (TPSA) is 86.8 Å². The molecule has 2 amide bonds. The normalized spacial score (nSPS) is 12.0. The van der Waals surface area contributed by atoms with Crippen molar-refractivity contribution in [3.05, 3.63) is 95.8 Å². The molecule has 214 valence electrons. The molecule has 0 spiro atoms. The molecule has 3 aromatic carbocycles. The van der Waals surface area contributed by atoms with Crippen LogP contribution in [0.3, 0.4) is 0 Å². The Labute approximate surface area is 237 Å². The van der Waals surface area contributed by atoms with Crippen LogP contribution in [0.1, 0.15) is 44.2 Å². The van der Waals surface area contributed by atoms with Crippen LogP contribution in [0.25, 0.3) is 0 Å². The number of sulfonamides is 1. The summed E-state index contributed by atoms with van der Waals surface area (Å²) in [5, 5.41) is 2.90. The number of para-hydroxylation sites is 1. The van der Waals surface area contributed by atoms with E-state index < -0.39 is 34.3 Å². The lowest BCUT2D eigenvalue weighted by atomic mass is 10.1. The summed E-state index contributed by atoms with van der Waals surface area (Å²) in [6, 6.07) is 20.4. The van der Waals surface area contributed by atoms with Gasteiger partial charge in [0.1, 0.15) is 18.4 Å². The average molecular weight is 568 g/mol. The predicted octanol–water partition coefficient (Wildman–Crippen LogP) is 5.10. The highest BCUT2D eigenvalue weighted by Gasteiger charge is 2.34. The molecule has 1 N–H and O–H groups in total. The maximum atomic E-state index is 15.0. The summed E-state index contributed by atoms with van der Waals surface area (Å²) in [6.45, 7) is 5.67. The van der Waals surface area contributed by atoms with Gasteiger partial charge in [-0.2, -0.15) is 0 Å². The lowest BCUT2D eigenvalue weighted by Gasteiger charge is -2.33. The number of hydrogen-bond donors (Lipinski definition) is 1. The van der Waals surface area contributed by atoms with Crippen LogP contribution in [0, 0.1) is 12.7 Å². The van der Waals surface area contributed by atoms with Gasteiger partial charge in [0.15, 0.2) is 0 Å². The minimum atomic E-state index is -4.31. The second-order valence-electron chi connectivity index (χ2n) is 9.67. The molecule has 3 rings (SSSR count). The maximum Gasteiger partial charge on any atom is 0.264 e. The number of carbonyl (C=O) groups is 2. The van der Waals surface area contributed by atoms with Crippen LogP contribution in [0.2, 0.25) is 0 Å². The van der Waals surface area contributed by atoms with Crippen molar-refractivity contribution in [2.75, 3.05) is 23.9 Å². The number of nitrogens with one attached hydrogen (secondary N) is 1. The Morgan fingerprint density at radius 1 is 0.925 bits per heavy atom. The zero-order chi connectivity index (χ0) is 29.1. The van der Waals surface area contributed by atoms with Gasteiger partial charge in [0.2, 0.25) is 11.8 Å². The van der Waals surface area contributed by atoms with Crippen LogP contribution in [-0.4, -0.2) is 50.8 Å². The second kappa shape index (κ2) is 14.6. The number of rotatable bonds is 14. The molecule has 0 unspecified atom stereocenters. The van der Waals surface area contributed by atoms with Gasteiger partial charge in [-0.1, -0.05) is 80.4 Å². The summed E-state index contributed by atoms with van der Waals surface area (Å²) in [7, 11) is -4.31. The Kier molecular flexibility index (Phi) is 11.3. The quantitative estimate of drug-likeness (QED) is 0.275. The second-order valence-corrected chi connectivity index (χ2v) is 11.5. The summed E-state index contributed by atoms with van der Waals surface area (Å²) < 4.78 is 43.4. The number of carbonyl (C=O) groups excluding carboxylic acids is 2. The van der Waals surface area contributed by atoms with Crippen molar-refractivity contribution < 1.29 is 22.4 Å². The molecule has 1 atom stereocenters. The number of aryl methyl sites for hydroxylation is 1. The Balaban J connectivity index is 1.99. The molecule has 40 heavy (non-hydrogen) atoms. The van der Waals surface area contributed by atoms with E-state index >= 15 is 4.39 Å². The zero-order valence-electron chi connectivity index (χ0n) is 23.3. The monoisotopic (exact) mass is 567 g/mol. The molecule has 0 fully saturated rings. The molecule has 0 aliphatic heterocycles. The lowest BCUT2D eigenvalue weighted by Crippen LogP contribution is -2.53. The van der Waals surface area contributed by atoms with E-state index in [-0.39, 0.29) is 23.0 Å². The highest BCUT2D eigenvalue weighted by atomic mass is 32.2. The summed E-state index contributed by atoms with van der Waals surface area (Å²) in [4.78, 5) is 28.5. The Bertz CT molecular complexity index is 1360. The van der Waals surface area contributed by atoms with Crippen molar-refractivity contribution in [1.29, 1.82) is 0 Å². The molecule has 0 bridgehead atoms. The SMILES string of the molecule is CCCCNC(=O)[C@@H](CC)N(CCc1ccccc1)C(=O)CN(c1ccccc1F)S(=O)(=O)c1ccc(C)cc1. The number of nitrogens with zero attached hydrogens (tertiary/aromatic N) is 2. The predicted molar refractivity (Wildman–Crippen MR) is 156 cm³/mol. The number of benzene rings is 3. The first kappa shape index (κ1) is 30.8. The van der Waals surface area contributed by atoms with Crippen LogP contribution in [-0.2, 0) is 26.0 Å². The zero-order valence-corrected chi connectivity index (χ0v) is 24.2. The van der Waals surface area contributed by atoms with Gasteiger partial charge in [-0.05, 0) is 56.0 Å². The van der Waals surface area contributed by atoms with E-state index in [0.717, 1.165) is 34.3 Å². The van der Waals surface area contributed by atoms with Gasteiger partial charge >= 0.3 is 0 Å². The van der Waals surface area contributed by atoms with E-state index in [9.17, 15) is 18.0 Å². The summed E-state index contributed by atoms with van der Waals surface area (Å²) >= 11 is 0. The molecule has 0 aliphatic rings. The van der Waals surface area contributed by atoms with Gasteiger partial charge < -0.3 is 10.2 Å². The molecule has 3 aromatic rings. The number of amides is 2. The molecule has 0 radical (unpaired) electrons. The highest BCUT2D eigenvalue weighted by molar-refractivity contribution is 7.92. The van der Waals surface area contributed by atoms with E-state index in [0.29, 0.717) is 19.4 Å². The van der Waals surface area contributed by atoms with Crippen molar-refractivity contribution in [2.45, 2.75) is 57.4 Å². The Morgan fingerprint density at radius 2 is 1.57 bits per heavy atom. The third-order valence-corrected chi connectivity index (χ3v) is 8.48. The molecule has 7 nitrogen and oxygen atoms in total. The van der Waals surface area contributed by atoms with Gasteiger partial charge in [-0.25, -0.2) is 12.8 Å². The van der Waals surface area contributed by atoms with Gasteiger partial charge in [0.05, 0.1) is 10.6 Å². The van der Waals surface area contributed by atoms with Crippen molar-refractivity contribution in [2.24, 2.45) is 0 Å². The fraction of sp³-hybridized carbons (Fsp3) is 0.355. The lowest BCUT2D eigenvalue weighted by molar-refractivity contribution is -0.139. The van der Waals surface area contributed by atoms with Crippen molar-refractivity contribution in [1.82, 2.24) is 10.2 Å². The average Bonchev–Trinajstić information content (AvgIpc) is 2.95. The highest BCUT2D eigenvalue weighted by Crippen LogP contribution is 2.27. The molecule has 9 heteroatoms. The first-order valence-electron chi connectivity index (χ1n) is 13.6. The van der Waals surface area contributed by atoms with Crippen molar-refractivity contribution in [3.8, 4) is 0 Å². The maximum absolute atomic E-state index is 15.0. The smallest absolute Gasteiger partial charge is 0.264 e. The van der Waals surface area contributed by atoms with Gasteiger partial charge in [-0.15, -0.1) is 0 Å². The standard InChI is InChI=1S/C31H38FN3O4S/c1-4-6-21-33-31(37)28(5-2)34(22-20-25-12-8-7-9-13-25)30(36)23-35(29-15-11-10-14-27(29)32)40(38,39)26-18-16-24(3)17-19-26/h7-19,28H,4-6,20-23H2,1-3H3,(H,33,37)/t28-/m1/s1. The molecule has 0 aliphatic carbocycles. The van der Waals surface area contributed by atoms with Crippen molar-refractivity contribution >= 4 is 27.5 Å². The van der Waals surface area contributed by atoms with Crippen LogP contribution >= 0.6 is 0 Å². The summed E-state index contributed by atoms with van der Waals surface area (Å²) in [5.41, 5.74) is 1.60. The Hall–Kier alpha value is -3.72. The molecular weight excluding hydrogens is 529 g/mol. The molecule has 0 saturated carbocycles. The number of halogens is 1. The van der Waals surface area contributed by atoms with Crippen molar-refractivity contribution in [3.63, 3.8) is 0 Å². The van der Waals surface area contributed by atoms with Gasteiger partial charge in [0, 0.05) is 13.1 Å². The van der Waals surface area contributed by atoms with Gasteiger partial charge in [-0.3, -0.25) is 13.9 Å². The fourth-order valence-corrected chi connectivity index (χ4v) is 5.83.